The molecule has 2 atom stereocenters. The van der Waals surface area contributed by atoms with Gasteiger partial charge in [-0.25, -0.2) is 22.9 Å². The number of nitrogens with one attached hydrogen (secondary N) is 1. The number of carbonyl (C=O) groups excluding carboxylic acids is 1. The Hall–Kier alpha value is -0.990. The Balaban J connectivity index is 2.20. The minimum absolute atomic E-state index is 0.0624. The Bertz CT molecular complexity index is 567. The second-order valence-electron chi connectivity index (χ2n) is 4.72. The van der Waals surface area contributed by atoms with Crippen LogP contribution in [0.2, 0.25) is 0 Å². The van der Waals surface area contributed by atoms with E-state index in [1.165, 1.54) is 12.6 Å². The van der Waals surface area contributed by atoms with E-state index in [1.54, 1.807) is 0 Å². The van der Waals surface area contributed by atoms with Gasteiger partial charge < -0.3 is 4.74 Å². The fourth-order valence-corrected chi connectivity index (χ4v) is 4.68. The zero-order valence-corrected chi connectivity index (χ0v) is 12.4. The average molecular weight is 304 g/mol. The van der Waals surface area contributed by atoms with E-state index in [0.717, 1.165) is 30.6 Å². The number of hydrogen-bond acceptors (Lipinski definition) is 6. The molecule has 0 bridgehead atoms. The fraction of sp³-hybridized carbons (Fsp3) is 0.636. The van der Waals surface area contributed by atoms with Gasteiger partial charge >= 0.3 is 5.97 Å². The smallest absolute Gasteiger partial charge is 0.358 e. The minimum atomic E-state index is -3.70. The van der Waals surface area contributed by atoms with Crippen LogP contribution in [-0.2, 0) is 14.8 Å². The van der Waals surface area contributed by atoms with E-state index in [-0.39, 0.29) is 15.9 Å². The fourth-order valence-electron chi connectivity index (χ4n) is 2.25. The van der Waals surface area contributed by atoms with Crippen molar-refractivity contribution in [3.05, 3.63) is 11.2 Å². The van der Waals surface area contributed by atoms with Crippen molar-refractivity contribution in [1.82, 2.24) is 9.71 Å². The molecule has 106 valence electrons. The molecule has 2 unspecified atom stereocenters. The average Bonchev–Trinajstić information content (AvgIpc) is 2.97. The SMILES string of the molecule is COC(=O)c1ncsc1S(=O)(=O)NC1CCC(C)C1. The molecular weight excluding hydrogens is 288 g/mol. The first kappa shape index (κ1) is 14.4. The maximum absolute atomic E-state index is 12.2. The van der Waals surface area contributed by atoms with Crippen molar-refractivity contribution in [3.8, 4) is 0 Å². The molecule has 0 radical (unpaired) electrons. The van der Waals surface area contributed by atoms with Crippen molar-refractivity contribution in [3.63, 3.8) is 0 Å². The first-order valence-corrected chi connectivity index (χ1v) is 8.34. The molecule has 1 heterocycles. The zero-order valence-electron chi connectivity index (χ0n) is 10.8. The Labute approximate surface area is 116 Å². The highest BCUT2D eigenvalue weighted by Gasteiger charge is 2.31. The maximum atomic E-state index is 12.2. The standard InChI is InChI=1S/C11H16N2O4S2/c1-7-3-4-8(5-7)13-19(15,16)11-9(10(14)17-2)12-6-18-11/h6-8,13H,3-5H2,1-2H3. The Morgan fingerprint density at radius 3 is 2.84 bits per heavy atom. The van der Waals surface area contributed by atoms with Gasteiger partial charge in [0.05, 0.1) is 12.6 Å². The zero-order chi connectivity index (χ0) is 14.0. The van der Waals surface area contributed by atoms with Gasteiger partial charge in [-0.05, 0) is 25.2 Å². The van der Waals surface area contributed by atoms with Crippen molar-refractivity contribution in [2.24, 2.45) is 5.92 Å². The summed E-state index contributed by atoms with van der Waals surface area (Å²) in [6.07, 6.45) is 2.66. The quantitative estimate of drug-likeness (QED) is 0.850. The summed E-state index contributed by atoms with van der Waals surface area (Å²) in [4.78, 5) is 15.2. The maximum Gasteiger partial charge on any atom is 0.358 e. The lowest BCUT2D eigenvalue weighted by Gasteiger charge is -2.12. The Kier molecular flexibility index (Phi) is 4.22. The van der Waals surface area contributed by atoms with Crippen LogP contribution < -0.4 is 4.72 Å². The number of hydrogen-bond donors (Lipinski definition) is 1. The van der Waals surface area contributed by atoms with Crippen molar-refractivity contribution in [2.75, 3.05) is 7.11 Å². The third kappa shape index (κ3) is 3.13. The molecule has 0 aromatic carbocycles. The number of ether oxygens (including phenoxy) is 1. The summed E-state index contributed by atoms with van der Waals surface area (Å²) in [7, 11) is -2.51. The van der Waals surface area contributed by atoms with Gasteiger partial charge in [0.25, 0.3) is 10.0 Å². The normalized spacial score (nSPS) is 23.5. The molecule has 0 saturated heterocycles. The van der Waals surface area contributed by atoms with E-state index in [4.69, 9.17) is 0 Å². The van der Waals surface area contributed by atoms with Crippen molar-refractivity contribution >= 4 is 27.3 Å². The third-order valence-corrected chi connectivity index (χ3v) is 6.06. The van der Waals surface area contributed by atoms with Crippen LogP contribution in [0.4, 0.5) is 0 Å². The molecule has 1 saturated carbocycles. The third-order valence-electron chi connectivity index (χ3n) is 3.17. The predicted octanol–water partition coefficient (Wildman–Crippen LogP) is 1.40. The highest BCUT2D eigenvalue weighted by molar-refractivity contribution is 7.91. The van der Waals surface area contributed by atoms with Gasteiger partial charge in [-0.1, -0.05) is 6.92 Å². The molecule has 19 heavy (non-hydrogen) atoms. The minimum Gasteiger partial charge on any atom is -0.464 e. The van der Waals surface area contributed by atoms with Gasteiger partial charge in [0.15, 0.2) is 9.90 Å². The van der Waals surface area contributed by atoms with Crippen LogP contribution in [0.5, 0.6) is 0 Å². The van der Waals surface area contributed by atoms with Gasteiger partial charge in [0, 0.05) is 6.04 Å². The predicted molar refractivity (Wildman–Crippen MR) is 70.6 cm³/mol. The van der Waals surface area contributed by atoms with Gasteiger partial charge in [-0.2, -0.15) is 0 Å². The monoisotopic (exact) mass is 304 g/mol. The lowest BCUT2D eigenvalue weighted by Crippen LogP contribution is -2.33. The number of esters is 1. The van der Waals surface area contributed by atoms with Gasteiger partial charge in [0.1, 0.15) is 0 Å². The summed E-state index contributed by atoms with van der Waals surface area (Å²) in [5.74, 6) is -0.212. The van der Waals surface area contributed by atoms with E-state index in [1.807, 2.05) is 0 Å². The number of carbonyl (C=O) groups is 1. The molecule has 1 N–H and O–H groups in total. The first-order valence-electron chi connectivity index (χ1n) is 5.98. The molecule has 6 nitrogen and oxygen atoms in total. The van der Waals surface area contributed by atoms with Crippen LogP contribution in [-0.4, -0.2) is 32.5 Å². The number of aromatic nitrogens is 1. The van der Waals surface area contributed by atoms with E-state index >= 15 is 0 Å². The number of nitrogens with zero attached hydrogens (tertiary/aromatic N) is 1. The van der Waals surface area contributed by atoms with Crippen LogP contribution in [0.1, 0.15) is 36.7 Å². The number of sulfonamides is 1. The molecule has 0 amide bonds. The molecule has 0 aliphatic heterocycles. The summed E-state index contributed by atoms with van der Waals surface area (Å²) in [5, 5.41) is 0. The molecule has 8 heteroatoms. The summed E-state index contributed by atoms with van der Waals surface area (Å²) in [6, 6.07) is -0.0624. The van der Waals surface area contributed by atoms with Crippen molar-refractivity contribution in [1.29, 1.82) is 0 Å². The summed E-state index contributed by atoms with van der Waals surface area (Å²) < 4.78 is 31.6. The molecule has 1 aliphatic rings. The molecule has 1 aliphatic carbocycles. The lowest BCUT2D eigenvalue weighted by molar-refractivity contribution is 0.0590. The molecule has 2 rings (SSSR count). The largest absolute Gasteiger partial charge is 0.464 e. The van der Waals surface area contributed by atoms with Crippen LogP contribution in [0.25, 0.3) is 0 Å². The lowest BCUT2D eigenvalue weighted by atomic mass is 10.1. The van der Waals surface area contributed by atoms with Gasteiger partial charge in [0.2, 0.25) is 0 Å². The molecule has 1 aromatic heterocycles. The van der Waals surface area contributed by atoms with Crippen LogP contribution >= 0.6 is 11.3 Å². The number of rotatable bonds is 4. The van der Waals surface area contributed by atoms with Crippen LogP contribution in [0.3, 0.4) is 0 Å². The summed E-state index contributed by atoms with van der Waals surface area (Å²) in [6.45, 7) is 2.10. The van der Waals surface area contributed by atoms with E-state index in [0.29, 0.717) is 5.92 Å². The highest BCUT2D eigenvalue weighted by atomic mass is 32.2. The molecular formula is C11H16N2O4S2. The first-order chi connectivity index (χ1) is 8.94. The highest BCUT2D eigenvalue weighted by Crippen LogP contribution is 2.27. The van der Waals surface area contributed by atoms with E-state index in [9.17, 15) is 13.2 Å². The van der Waals surface area contributed by atoms with Gasteiger partial charge in [-0.15, -0.1) is 11.3 Å². The van der Waals surface area contributed by atoms with Crippen LogP contribution in [0, 0.1) is 5.92 Å². The molecule has 1 fully saturated rings. The van der Waals surface area contributed by atoms with Crippen LogP contribution in [0.15, 0.2) is 9.72 Å². The molecule has 0 spiro atoms. The number of thiazole rings is 1. The summed E-state index contributed by atoms with van der Waals surface area (Å²) >= 11 is 0.922. The second kappa shape index (κ2) is 5.56. The second-order valence-corrected chi connectivity index (χ2v) is 7.48. The van der Waals surface area contributed by atoms with E-state index in [2.05, 4.69) is 21.4 Å². The Morgan fingerprint density at radius 1 is 1.53 bits per heavy atom. The topological polar surface area (TPSA) is 85.4 Å². The van der Waals surface area contributed by atoms with E-state index < -0.39 is 16.0 Å². The molecule has 1 aromatic rings. The number of methoxy groups -OCH3 is 1. The summed E-state index contributed by atoms with van der Waals surface area (Å²) in [5.41, 5.74) is 1.18. The van der Waals surface area contributed by atoms with Crippen molar-refractivity contribution in [2.45, 2.75) is 36.4 Å². The Morgan fingerprint density at radius 2 is 2.26 bits per heavy atom. The van der Waals surface area contributed by atoms with Crippen molar-refractivity contribution < 1.29 is 17.9 Å². The van der Waals surface area contributed by atoms with Gasteiger partial charge in [-0.3, -0.25) is 0 Å².